The van der Waals surface area contributed by atoms with E-state index in [1.54, 1.807) is 24.3 Å². The van der Waals surface area contributed by atoms with Gasteiger partial charge >= 0.3 is 0 Å². The molecule has 0 aliphatic heterocycles. The number of unbranched alkanes of at least 4 members (excludes halogenated alkanes) is 1. The molecule has 0 spiro atoms. The Kier molecular flexibility index (Phi) is 5.88. The number of hydrogen-bond donors (Lipinski definition) is 2. The lowest BCUT2D eigenvalue weighted by atomic mass is 9.80. The molecule has 2 atom stereocenters. The molecule has 0 aliphatic carbocycles. The molecule has 2 nitrogen and oxygen atoms in total. The smallest absolute Gasteiger partial charge is 0.115 e. The first-order chi connectivity index (χ1) is 10.6. The highest BCUT2D eigenvalue weighted by Crippen LogP contribution is 2.32. The van der Waals surface area contributed by atoms with Crippen LogP contribution in [0.2, 0.25) is 0 Å². The Bertz CT molecular complexity index is 557. The monoisotopic (exact) mass is 298 g/mol. The zero-order chi connectivity index (χ0) is 15.9. The molecule has 2 aromatic carbocycles. The van der Waals surface area contributed by atoms with Crippen molar-refractivity contribution in [1.29, 1.82) is 0 Å². The number of phenolic OH excluding ortho intramolecular Hbond substituents is 2. The summed E-state index contributed by atoms with van der Waals surface area (Å²) in [6.07, 6.45) is 4.64. The Morgan fingerprint density at radius 3 is 1.95 bits per heavy atom. The first kappa shape index (κ1) is 16.4. The molecule has 0 bridgehead atoms. The van der Waals surface area contributed by atoms with Crippen LogP contribution in [-0.2, 0) is 6.42 Å². The highest BCUT2D eigenvalue weighted by atomic mass is 16.3. The fourth-order valence-corrected chi connectivity index (χ4v) is 2.98. The second-order valence-corrected chi connectivity index (χ2v) is 6.15. The van der Waals surface area contributed by atoms with Crippen molar-refractivity contribution >= 4 is 0 Å². The van der Waals surface area contributed by atoms with Gasteiger partial charge in [0.2, 0.25) is 0 Å². The summed E-state index contributed by atoms with van der Waals surface area (Å²) in [4.78, 5) is 0. The van der Waals surface area contributed by atoms with Crippen molar-refractivity contribution in [2.75, 3.05) is 0 Å². The molecule has 0 heterocycles. The Balaban J connectivity index is 2.13. The molecular weight excluding hydrogens is 272 g/mol. The van der Waals surface area contributed by atoms with Crippen LogP contribution in [0.5, 0.6) is 11.5 Å². The van der Waals surface area contributed by atoms with E-state index in [1.807, 2.05) is 24.3 Å². The summed E-state index contributed by atoms with van der Waals surface area (Å²) in [7, 11) is 0. The van der Waals surface area contributed by atoms with E-state index in [-0.39, 0.29) is 0 Å². The van der Waals surface area contributed by atoms with Crippen molar-refractivity contribution in [3.05, 3.63) is 59.7 Å². The average Bonchev–Trinajstić information content (AvgIpc) is 2.53. The maximum atomic E-state index is 9.46. The Morgan fingerprint density at radius 2 is 1.41 bits per heavy atom. The topological polar surface area (TPSA) is 40.5 Å². The Labute approximate surface area is 133 Å². The van der Waals surface area contributed by atoms with Crippen LogP contribution < -0.4 is 0 Å². The molecule has 2 rings (SSSR count). The molecule has 0 amide bonds. The van der Waals surface area contributed by atoms with Gasteiger partial charge in [-0.2, -0.15) is 0 Å². The summed E-state index contributed by atoms with van der Waals surface area (Å²) in [5.74, 6) is 1.65. The van der Waals surface area contributed by atoms with Gasteiger partial charge in [-0.15, -0.1) is 0 Å². The number of hydrogen-bond acceptors (Lipinski definition) is 2. The first-order valence-electron chi connectivity index (χ1n) is 8.17. The third-order valence-electron chi connectivity index (χ3n) is 4.49. The van der Waals surface area contributed by atoms with E-state index in [0.717, 1.165) is 6.42 Å². The van der Waals surface area contributed by atoms with Gasteiger partial charge in [0.15, 0.2) is 0 Å². The molecular formula is C20H26O2. The molecule has 2 aromatic rings. The summed E-state index contributed by atoms with van der Waals surface area (Å²) >= 11 is 0. The molecule has 0 aromatic heterocycles. The van der Waals surface area contributed by atoms with E-state index in [2.05, 4.69) is 13.8 Å². The lowest BCUT2D eigenvalue weighted by molar-refractivity contribution is 0.398. The maximum absolute atomic E-state index is 9.46. The van der Waals surface area contributed by atoms with Crippen LogP contribution in [0, 0.1) is 5.92 Å². The lowest BCUT2D eigenvalue weighted by Crippen LogP contribution is -2.13. The van der Waals surface area contributed by atoms with Gasteiger partial charge in [-0.1, -0.05) is 51.0 Å². The van der Waals surface area contributed by atoms with E-state index in [4.69, 9.17) is 0 Å². The van der Waals surface area contributed by atoms with Gasteiger partial charge in [-0.05, 0) is 60.1 Å². The van der Waals surface area contributed by atoms with E-state index < -0.39 is 0 Å². The largest absolute Gasteiger partial charge is 0.508 e. The molecule has 22 heavy (non-hydrogen) atoms. The fraction of sp³-hybridized carbons (Fsp3) is 0.400. The fourth-order valence-electron chi connectivity index (χ4n) is 2.98. The van der Waals surface area contributed by atoms with Crippen LogP contribution in [0.25, 0.3) is 0 Å². The molecule has 0 radical (unpaired) electrons. The number of phenols is 2. The van der Waals surface area contributed by atoms with Crippen LogP contribution in [0.3, 0.4) is 0 Å². The summed E-state index contributed by atoms with van der Waals surface area (Å²) in [6.45, 7) is 4.50. The molecule has 118 valence electrons. The zero-order valence-corrected chi connectivity index (χ0v) is 13.5. The van der Waals surface area contributed by atoms with Crippen LogP contribution in [0.4, 0.5) is 0 Å². The standard InChI is InChI=1S/C20H26O2/c1-3-4-5-18(14-16-6-10-19(21)11-7-16)15(2)17-8-12-20(22)13-9-17/h6-13,15,18,21-22H,3-5,14H2,1-2H3. The van der Waals surface area contributed by atoms with Gasteiger partial charge in [-0.25, -0.2) is 0 Å². The highest BCUT2D eigenvalue weighted by Gasteiger charge is 2.19. The zero-order valence-electron chi connectivity index (χ0n) is 13.5. The molecule has 2 heteroatoms. The molecule has 2 N–H and O–H groups in total. The second-order valence-electron chi connectivity index (χ2n) is 6.15. The van der Waals surface area contributed by atoms with E-state index in [1.165, 1.54) is 30.4 Å². The second kappa shape index (κ2) is 7.88. The minimum atomic E-state index is 0.319. The minimum Gasteiger partial charge on any atom is -0.508 e. The number of rotatable bonds is 7. The molecule has 0 fully saturated rings. The molecule has 0 saturated carbocycles. The number of benzene rings is 2. The van der Waals surface area contributed by atoms with Crippen LogP contribution in [0.1, 0.15) is 50.2 Å². The average molecular weight is 298 g/mol. The SMILES string of the molecule is CCCCC(Cc1ccc(O)cc1)C(C)c1ccc(O)cc1. The van der Waals surface area contributed by atoms with Crippen LogP contribution in [-0.4, -0.2) is 10.2 Å². The van der Waals surface area contributed by atoms with E-state index >= 15 is 0 Å². The summed E-state index contributed by atoms with van der Waals surface area (Å²) < 4.78 is 0. The minimum absolute atomic E-state index is 0.319. The predicted molar refractivity (Wildman–Crippen MR) is 91.3 cm³/mol. The third-order valence-corrected chi connectivity index (χ3v) is 4.49. The van der Waals surface area contributed by atoms with Crippen LogP contribution >= 0.6 is 0 Å². The van der Waals surface area contributed by atoms with Crippen LogP contribution in [0.15, 0.2) is 48.5 Å². The summed E-state index contributed by atoms with van der Waals surface area (Å²) in [5, 5.41) is 18.9. The van der Waals surface area contributed by atoms with Gasteiger partial charge in [0.1, 0.15) is 11.5 Å². The van der Waals surface area contributed by atoms with Crippen molar-refractivity contribution in [2.24, 2.45) is 5.92 Å². The van der Waals surface area contributed by atoms with Gasteiger partial charge in [0.25, 0.3) is 0 Å². The van der Waals surface area contributed by atoms with Crippen molar-refractivity contribution in [1.82, 2.24) is 0 Å². The lowest BCUT2D eigenvalue weighted by Gasteiger charge is -2.25. The Morgan fingerprint density at radius 1 is 0.864 bits per heavy atom. The van der Waals surface area contributed by atoms with Gasteiger partial charge in [0, 0.05) is 0 Å². The Hall–Kier alpha value is -1.96. The van der Waals surface area contributed by atoms with Crippen molar-refractivity contribution in [3.63, 3.8) is 0 Å². The third kappa shape index (κ3) is 4.52. The maximum Gasteiger partial charge on any atom is 0.115 e. The first-order valence-corrected chi connectivity index (χ1v) is 8.17. The summed E-state index contributed by atoms with van der Waals surface area (Å²) in [5.41, 5.74) is 2.54. The molecule has 2 unspecified atom stereocenters. The van der Waals surface area contributed by atoms with Crippen molar-refractivity contribution in [3.8, 4) is 11.5 Å². The predicted octanol–water partition coefficient (Wildman–Crippen LogP) is 5.25. The van der Waals surface area contributed by atoms with Crippen molar-refractivity contribution < 1.29 is 10.2 Å². The van der Waals surface area contributed by atoms with Gasteiger partial charge < -0.3 is 10.2 Å². The van der Waals surface area contributed by atoms with Crippen molar-refractivity contribution in [2.45, 2.75) is 45.4 Å². The molecule has 0 aliphatic rings. The van der Waals surface area contributed by atoms with E-state index in [0.29, 0.717) is 23.3 Å². The molecule has 0 saturated heterocycles. The van der Waals surface area contributed by atoms with Gasteiger partial charge in [0.05, 0.1) is 0 Å². The highest BCUT2D eigenvalue weighted by molar-refractivity contribution is 5.30. The van der Waals surface area contributed by atoms with E-state index in [9.17, 15) is 10.2 Å². The normalized spacial score (nSPS) is 13.7. The quantitative estimate of drug-likeness (QED) is 0.733. The van der Waals surface area contributed by atoms with Gasteiger partial charge in [-0.3, -0.25) is 0 Å². The number of aromatic hydroxyl groups is 2. The summed E-state index contributed by atoms with van der Waals surface area (Å²) in [6, 6.07) is 15.1.